The summed E-state index contributed by atoms with van der Waals surface area (Å²) in [4.78, 5) is 10.1. The van der Waals surface area contributed by atoms with Gasteiger partial charge >= 0.3 is 5.69 Å². The number of nitro benzene ring substituents is 1. The monoisotopic (exact) mass is 271 g/mol. The van der Waals surface area contributed by atoms with Crippen LogP contribution in [0.15, 0.2) is 16.3 Å². The van der Waals surface area contributed by atoms with E-state index in [4.69, 9.17) is 23.1 Å². The molecule has 5 N–H and O–H groups in total. The quantitative estimate of drug-likeness (QED) is 0.324. The summed E-state index contributed by atoms with van der Waals surface area (Å²) >= 11 is 5.81. The maximum Gasteiger partial charge on any atom is 0.315 e. The van der Waals surface area contributed by atoms with E-state index in [-0.39, 0.29) is 22.1 Å². The number of nitrogens with two attached hydrogens (primary N) is 2. The highest BCUT2D eigenvalue weighted by Gasteiger charge is 2.22. The third-order valence-corrected chi connectivity index (χ3v) is 2.44. The molecule has 0 saturated heterocycles. The van der Waals surface area contributed by atoms with Crippen LogP contribution in [0.5, 0.6) is 5.75 Å². The van der Waals surface area contributed by atoms with Crippen molar-refractivity contribution in [2.24, 2.45) is 21.7 Å². The molecule has 1 rings (SSSR count). The minimum absolute atomic E-state index is 0.0438. The van der Waals surface area contributed by atoms with E-state index in [1.54, 1.807) is 0 Å². The van der Waals surface area contributed by atoms with Crippen molar-refractivity contribution >= 4 is 29.5 Å². The van der Waals surface area contributed by atoms with Gasteiger partial charge in [-0.15, -0.1) is 5.10 Å². The average molecular weight is 272 g/mol. The zero-order chi connectivity index (χ0) is 13.9. The van der Waals surface area contributed by atoms with Crippen LogP contribution in [0.3, 0.4) is 0 Å². The average Bonchev–Trinajstić information content (AvgIpc) is 2.24. The van der Waals surface area contributed by atoms with Gasteiger partial charge in [0.05, 0.1) is 16.2 Å². The Labute approximate surface area is 107 Å². The van der Waals surface area contributed by atoms with Gasteiger partial charge in [0, 0.05) is 11.1 Å². The fraction of sp³-hybridized carbons (Fsp3) is 0.111. The molecule has 0 atom stereocenters. The number of hydrogen-bond donors (Lipinski definition) is 3. The van der Waals surface area contributed by atoms with Crippen molar-refractivity contribution in [3.63, 3.8) is 0 Å². The number of aromatic hydroxyl groups is 1. The Bertz CT molecular complexity index is 552. The first-order chi connectivity index (χ1) is 8.34. The molecule has 0 amide bonds. The molecule has 0 spiro atoms. The molecule has 1 aromatic carbocycles. The summed E-state index contributed by atoms with van der Waals surface area (Å²) < 4.78 is 0. The summed E-state index contributed by atoms with van der Waals surface area (Å²) in [5.41, 5.74) is 9.82. The van der Waals surface area contributed by atoms with Crippen LogP contribution in [-0.2, 0) is 0 Å². The molecular weight excluding hydrogens is 262 g/mol. The Morgan fingerprint density at radius 2 is 2.22 bits per heavy atom. The fourth-order valence-corrected chi connectivity index (χ4v) is 1.43. The number of phenols is 1. The third-order valence-electron chi connectivity index (χ3n) is 2.05. The lowest BCUT2D eigenvalue weighted by atomic mass is 10.1. The normalized spacial score (nSPS) is 10.6. The summed E-state index contributed by atoms with van der Waals surface area (Å²) in [5, 5.41) is 27.4. The summed E-state index contributed by atoms with van der Waals surface area (Å²) in [6.07, 6.45) is 1.06. The van der Waals surface area contributed by atoms with Gasteiger partial charge in [-0.25, -0.2) is 0 Å². The largest absolute Gasteiger partial charge is 0.502 e. The molecule has 8 nitrogen and oxygen atoms in total. The minimum atomic E-state index is -0.728. The van der Waals surface area contributed by atoms with Crippen LogP contribution in [0.2, 0.25) is 5.02 Å². The van der Waals surface area contributed by atoms with Crippen LogP contribution in [-0.4, -0.2) is 22.2 Å². The number of halogens is 1. The predicted molar refractivity (Wildman–Crippen MR) is 67.9 cm³/mol. The molecule has 0 aliphatic heterocycles. The van der Waals surface area contributed by atoms with E-state index in [0.29, 0.717) is 0 Å². The van der Waals surface area contributed by atoms with Crippen molar-refractivity contribution in [1.29, 1.82) is 0 Å². The van der Waals surface area contributed by atoms with Crippen molar-refractivity contribution in [3.8, 4) is 5.75 Å². The molecule has 0 bridgehead atoms. The molecule has 1 aromatic rings. The second-order valence-corrected chi connectivity index (χ2v) is 3.70. The molecule has 96 valence electrons. The first kappa shape index (κ1) is 13.7. The van der Waals surface area contributed by atoms with Gasteiger partial charge in [0.15, 0.2) is 0 Å². The van der Waals surface area contributed by atoms with Crippen LogP contribution < -0.4 is 11.5 Å². The van der Waals surface area contributed by atoms with Gasteiger partial charge in [-0.1, -0.05) is 11.6 Å². The van der Waals surface area contributed by atoms with Crippen LogP contribution >= 0.6 is 11.6 Å². The van der Waals surface area contributed by atoms with Gasteiger partial charge in [0.1, 0.15) is 0 Å². The van der Waals surface area contributed by atoms with Crippen molar-refractivity contribution in [2.75, 3.05) is 0 Å². The zero-order valence-electron chi connectivity index (χ0n) is 9.29. The second-order valence-electron chi connectivity index (χ2n) is 3.30. The van der Waals surface area contributed by atoms with Gasteiger partial charge in [0.2, 0.25) is 11.7 Å². The molecule has 0 unspecified atom stereocenters. The zero-order valence-corrected chi connectivity index (χ0v) is 10.0. The van der Waals surface area contributed by atoms with E-state index >= 15 is 0 Å². The molecule has 9 heteroatoms. The predicted octanol–water partition coefficient (Wildman–Crippen LogP) is 0.870. The highest BCUT2D eigenvalue weighted by molar-refractivity contribution is 6.32. The van der Waals surface area contributed by atoms with E-state index in [1.165, 1.54) is 13.0 Å². The van der Waals surface area contributed by atoms with Gasteiger partial charge in [0.25, 0.3) is 0 Å². The molecule has 0 aliphatic carbocycles. The SMILES string of the molecule is Cc1c(Cl)cc(C=NN=C(N)N)c(O)c1[N+](=O)[O-]. The molecule has 0 aliphatic rings. The third kappa shape index (κ3) is 2.86. The van der Waals surface area contributed by atoms with Gasteiger partial charge < -0.3 is 16.6 Å². The molecule has 0 saturated carbocycles. The van der Waals surface area contributed by atoms with Crippen molar-refractivity contribution in [2.45, 2.75) is 6.92 Å². The summed E-state index contributed by atoms with van der Waals surface area (Å²) in [7, 11) is 0. The number of guanidine groups is 1. The second kappa shape index (κ2) is 5.32. The van der Waals surface area contributed by atoms with E-state index in [1.807, 2.05) is 0 Å². The van der Waals surface area contributed by atoms with E-state index < -0.39 is 16.4 Å². The Kier molecular flexibility index (Phi) is 4.05. The number of phenolic OH excluding ortho intramolecular Hbond substituents is 1. The van der Waals surface area contributed by atoms with Crippen molar-refractivity contribution < 1.29 is 10.0 Å². The van der Waals surface area contributed by atoms with Crippen LogP contribution in [0, 0.1) is 17.0 Å². The lowest BCUT2D eigenvalue weighted by Gasteiger charge is -2.05. The Morgan fingerprint density at radius 1 is 1.61 bits per heavy atom. The van der Waals surface area contributed by atoms with Crippen molar-refractivity contribution in [1.82, 2.24) is 0 Å². The van der Waals surface area contributed by atoms with Crippen LogP contribution in [0.1, 0.15) is 11.1 Å². The molecule has 0 fully saturated rings. The Hall–Kier alpha value is -2.35. The van der Waals surface area contributed by atoms with Crippen molar-refractivity contribution in [3.05, 3.63) is 32.3 Å². The van der Waals surface area contributed by atoms with Gasteiger partial charge in [-0.05, 0) is 13.0 Å². The lowest BCUT2D eigenvalue weighted by molar-refractivity contribution is -0.386. The highest BCUT2D eigenvalue weighted by Crippen LogP contribution is 2.36. The first-order valence-corrected chi connectivity index (χ1v) is 5.00. The van der Waals surface area contributed by atoms with Crippen LogP contribution in [0.4, 0.5) is 5.69 Å². The number of rotatable bonds is 3. The number of nitrogens with zero attached hydrogens (tertiary/aromatic N) is 3. The Balaban J connectivity index is 3.35. The minimum Gasteiger partial charge on any atom is -0.502 e. The maximum atomic E-state index is 10.8. The summed E-state index contributed by atoms with van der Waals surface area (Å²) in [5.74, 6) is -0.824. The van der Waals surface area contributed by atoms with Gasteiger partial charge in [-0.3, -0.25) is 10.1 Å². The molecular formula is C9H10ClN5O3. The van der Waals surface area contributed by atoms with E-state index in [9.17, 15) is 15.2 Å². The van der Waals surface area contributed by atoms with Crippen LogP contribution in [0.25, 0.3) is 0 Å². The van der Waals surface area contributed by atoms with Gasteiger partial charge in [-0.2, -0.15) is 5.10 Å². The van der Waals surface area contributed by atoms with E-state index in [0.717, 1.165) is 6.21 Å². The first-order valence-electron chi connectivity index (χ1n) is 4.63. The number of benzene rings is 1. The number of nitro groups is 1. The number of hydrogen-bond acceptors (Lipinski definition) is 5. The smallest absolute Gasteiger partial charge is 0.315 e. The molecule has 0 aromatic heterocycles. The molecule has 0 heterocycles. The maximum absolute atomic E-state index is 10.8. The lowest BCUT2D eigenvalue weighted by Crippen LogP contribution is -2.21. The fourth-order valence-electron chi connectivity index (χ4n) is 1.22. The standard InChI is InChI=1S/C9H10ClN5O3/c1-4-6(10)2-5(3-13-14-9(11)12)8(16)7(4)15(17)18/h2-3,16H,1H3,(H4,11,12,14). The molecule has 0 radical (unpaired) electrons. The summed E-state index contributed by atoms with van der Waals surface area (Å²) in [6.45, 7) is 1.43. The highest BCUT2D eigenvalue weighted by atomic mass is 35.5. The van der Waals surface area contributed by atoms with E-state index in [2.05, 4.69) is 10.2 Å². The summed E-state index contributed by atoms with van der Waals surface area (Å²) in [6, 6.07) is 1.32. The topological polar surface area (TPSA) is 140 Å². The Morgan fingerprint density at radius 3 is 2.72 bits per heavy atom. The molecule has 18 heavy (non-hydrogen) atoms.